The third-order valence-electron chi connectivity index (χ3n) is 5.40. The molecule has 1 aliphatic rings. The SMILES string of the molecule is CC(C)[C@@H]1CC[C@@H](C)C[C@H]1n1cc(CCc2ccccc2)nn1. The van der Waals surface area contributed by atoms with E-state index in [1.54, 1.807) is 0 Å². The molecule has 1 aliphatic carbocycles. The van der Waals surface area contributed by atoms with Crippen LogP contribution in [0.25, 0.3) is 0 Å². The molecule has 3 atom stereocenters. The van der Waals surface area contributed by atoms with Crippen LogP contribution < -0.4 is 0 Å². The Bertz CT molecular complexity index is 602. The van der Waals surface area contributed by atoms with E-state index >= 15 is 0 Å². The van der Waals surface area contributed by atoms with Crippen LogP contribution in [0.2, 0.25) is 0 Å². The third-order valence-corrected chi connectivity index (χ3v) is 5.40. The van der Waals surface area contributed by atoms with Crippen molar-refractivity contribution in [2.75, 3.05) is 0 Å². The first-order valence-corrected chi connectivity index (χ1v) is 9.08. The topological polar surface area (TPSA) is 30.7 Å². The largest absolute Gasteiger partial charge is 0.249 e. The molecule has 0 saturated heterocycles. The second kappa shape index (κ2) is 7.29. The zero-order valence-electron chi connectivity index (χ0n) is 14.7. The number of aryl methyl sites for hydroxylation is 2. The Labute approximate surface area is 140 Å². The lowest BCUT2D eigenvalue weighted by Gasteiger charge is -2.37. The monoisotopic (exact) mass is 311 g/mol. The lowest BCUT2D eigenvalue weighted by atomic mass is 9.74. The van der Waals surface area contributed by atoms with Crippen LogP contribution in [0, 0.1) is 17.8 Å². The Morgan fingerprint density at radius 2 is 1.91 bits per heavy atom. The molecule has 0 amide bonds. The molecule has 1 fully saturated rings. The second-order valence-electron chi connectivity index (χ2n) is 7.57. The molecule has 0 bridgehead atoms. The molecule has 1 aromatic carbocycles. The van der Waals surface area contributed by atoms with Gasteiger partial charge in [0.15, 0.2) is 0 Å². The van der Waals surface area contributed by atoms with Crippen molar-refractivity contribution in [3.05, 3.63) is 47.8 Å². The maximum atomic E-state index is 4.49. The van der Waals surface area contributed by atoms with Crippen molar-refractivity contribution in [2.45, 2.75) is 58.9 Å². The molecule has 0 spiro atoms. The smallest absolute Gasteiger partial charge is 0.0830 e. The van der Waals surface area contributed by atoms with Crippen LogP contribution in [-0.2, 0) is 12.8 Å². The summed E-state index contributed by atoms with van der Waals surface area (Å²) in [5.74, 6) is 2.24. The van der Waals surface area contributed by atoms with Gasteiger partial charge in [-0.25, -0.2) is 4.68 Å². The minimum absolute atomic E-state index is 0.525. The first-order chi connectivity index (χ1) is 11.1. The third kappa shape index (κ3) is 4.01. The molecular weight excluding hydrogens is 282 g/mol. The van der Waals surface area contributed by atoms with E-state index in [2.05, 4.69) is 72.3 Å². The van der Waals surface area contributed by atoms with Gasteiger partial charge in [-0.2, -0.15) is 0 Å². The van der Waals surface area contributed by atoms with Gasteiger partial charge < -0.3 is 0 Å². The molecule has 1 aromatic heterocycles. The van der Waals surface area contributed by atoms with Gasteiger partial charge in [0.1, 0.15) is 0 Å². The normalized spacial score (nSPS) is 25.0. The second-order valence-corrected chi connectivity index (χ2v) is 7.57. The molecular formula is C20H29N3. The van der Waals surface area contributed by atoms with Gasteiger partial charge in [0.2, 0.25) is 0 Å². The van der Waals surface area contributed by atoms with E-state index in [0.717, 1.165) is 30.4 Å². The van der Waals surface area contributed by atoms with E-state index in [1.807, 2.05) is 0 Å². The van der Waals surface area contributed by atoms with Crippen molar-refractivity contribution in [1.29, 1.82) is 0 Å². The molecule has 0 N–H and O–H groups in total. The highest BCUT2D eigenvalue weighted by Crippen LogP contribution is 2.40. The van der Waals surface area contributed by atoms with Crippen LogP contribution in [0.15, 0.2) is 36.5 Å². The Hall–Kier alpha value is -1.64. The number of rotatable bonds is 5. The van der Waals surface area contributed by atoms with Crippen molar-refractivity contribution in [2.24, 2.45) is 17.8 Å². The van der Waals surface area contributed by atoms with Crippen LogP contribution in [0.5, 0.6) is 0 Å². The molecule has 1 saturated carbocycles. The lowest BCUT2D eigenvalue weighted by molar-refractivity contribution is 0.137. The van der Waals surface area contributed by atoms with Gasteiger partial charge >= 0.3 is 0 Å². The summed E-state index contributed by atoms with van der Waals surface area (Å²) in [6, 6.07) is 11.2. The molecule has 0 unspecified atom stereocenters. The average Bonchev–Trinajstić information content (AvgIpc) is 3.02. The lowest BCUT2D eigenvalue weighted by Crippen LogP contribution is -2.30. The van der Waals surface area contributed by atoms with E-state index in [4.69, 9.17) is 0 Å². The summed E-state index contributed by atoms with van der Waals surface area (Å²) in [6.07, 6.45) is 8.12. The van der Waals surface area contributed by atoms with E-state index in [1.165, 1.54) is 24.8 Å². The van der Waals surface area contributed by atoms with Crippen molar-refractivity contribution in [3.63, 3.8) is 0 Å². The van der Waals surface area contributed by atoms with Gasteiger partial charge in [0.05, 0.1) is 11.7 Å². The van der Waals surface area contributed by atoms with Crippen molar-refractivity contribution >= 4 is 0 Å². The molecule has 23 heavy (non-hydrogen) atoms. The Morgan fingerprint density at radius 3 is 2.65 bits per heavy atom. The standard InChI is InChI=1S/C20H29N3/c1-15(2)19-12-9-16(3)13-20(19)23-14-18(21-22-23)11-10-17-7-5-4-6-8-17/h4-8,14-16,19-20H,9-13H2,1-3H3/t16-,19+,20-/m1/s1. The zero-order valence-corrected chi connectivity index (χ0v) is 14.7. The molecule has 0 aliphatic heterocycles. The van der Waals surface area contributed by atoms with Crippen molar-refractivity contribution in [3.8, 4) is 0 Å². The van der Waals surface area contributed by atoms with Gasteiger partial charge in [-0.05, 0) is 49.0 Å². The van der Waals surface area contributed by atoms with Crippen LogP contribution in [0.1, 0.15) is 57.3 Å². The number of hydrogen-bond acceptors (Lipinski definition) is 2. The molecule has 2 aromatic rings. The minimum atomic E-state index is 0.525. The number of hydrogen-bond donors (Lipinski definition) is 0. The molecule has 0 radical (unpaired) electrons. The van der Waals surface area contributed by atoms with E-state index < -0.39 is 0 Å². The Balaban J connectivity index is 1.67. The molecule has 124 valence electrons. The summed E-state index contributed by atoms with van der Waals surface area (Å²) in [6.45, 7) is 7.07. The van der Waals surface area contributed by atoms with E-state index in [0.29, 0.717) is 12.0 Å². The number of aromatic nitrogens is 3. The molecule has 3 rings (SSSR count). The van der Waals surface area contributed by atoms with Crippen LogP contribution >= 0.6 is 0 Å². The highest BCUT2D eigenvalue weighted by Gasteiger charge is 2.32. The highest BCUT2D eigenvalue weighted by atomic mass is 15.4. The fourth-order valence-corrected chi connectivity index (χ4v) is 3.96. The molecule has 1 heterocycles. The van der Waals surface area contributed by atoms with E-state index in [9.17, 15) is 0 Å². The van der Waals surface area contributed by atoms with Crippen molar-refractivity contribution in [1.82, 2.24) is 15.0 Å². The van der Waals surface area contributed by atoms with Crippen LogP contribution in [0.3, 0.4) is 0 Å². The summed E-state index contributed by atoms with van der Waals surface area (Å²) in [5, 5.41) is 8.92. The van der Waals surface area contributed by atoms with Gasteiger partial charge in [0, 0.05) is 6.20 Å². The average molecular weight is 311 g/mol. The predicted molar refractivity (Wildman–Crippen MR) is 94.3 cm³/mol. The maximum Gasteiger partial charge on any atom is 0.0830 e. The Kier molecular flexibility index (Phi) is 5.14. The predicted octanol–water partition coefficient (Wildman–Crippen LogP) is 4.70. The fourth-order valence-electron chi connectivity index (χ4n) is 3.96. The summed E-state index contributed by atoms with van der Waals surface area (Å²) >= 11 is 0. The molecule has 3 nitrogen and oxygen atoms in total. The van der Waals surface area contributed by atoms with Crippen molar-refractivity contribution < 1.29 is 0 Å². The molecule has 3 heteroatoms. The highest BCUT2D eigenvalue weighted by molar-refractivity contribution is 5.16. The number of benzene rings is 1. The quantitative estimate of drug-likeness (QED) is 0.801. The van der Waals surface area contributed by atoms with Gasteiger partial charge in [-0.3, -0.25) is 0 Å². The first-order valence-electron chi connectivity index (χ1n) is 9.08. The summed E-state index contributed by atoms with van der Waals surface area (Å²) < 4.78 is 2.17. The van der Waals surface area contributed by atoms with Gasteiger partial charge in [-0.15, -0.1) is 5.10 Å². The van der Waals surface area contributed by atoms with Crippen LogP contribution in [-0.4, -0.2) is 15.0 Å². The Morgan fingerprint density at radius 1 is 1.13 bits per heavy atom. The fraction of sp³-hybridized carbons (Fsp3) is 0.600. The van der Waals surface area contributed by atoms with Crippen LogP contribution in [0.4, 0.5) is 0 Å². The minimum Gasteiger partial charge on any atom is -0.249 e. The van der Waals surface area contributed by atoms with E-state index in [-0.39, 0.29) is 0 Å². The maximum absolute atomic E-state index is 4.49. The number of nitrogens with zero attached hydrogens (tertiary/aromatic N) is 3. The summed E-state index contributed by atoms with van der Waals surface area (Å²) in [5.41, 5.74) is 2.49. The first kappa shape index (κ1) is 16.2. The summed E-state index contributed by atoms with van der Waals surface area (Å²) in [4.78, 5) is 0. The van der Waals surface area contributed by atoms with Gasteiger partial charge in [-0.1, -0.05) is 62.7 Å². The van der Waals surface area contributed by atoms with Gasteiger partial charge in [0.25, 0.3) is 0 Å². The zero-order chi connectivity index (χ0) is 16.2. The summed E-state index contributed by atoms with van der Waals surface area (Å²) in [7, 11) is 0.